The van der Waals surface area contributed by atoms with E-state index in [1.54, 1.807) is 6.08 Å². The van der Waals surface area contributed by atoms with Crippen LogP contribution in [0.5, 0.6) is 5.88 Å². The molecular formula is C26H27F3N4O2. The molecule has 0 bridgehead atoms. The van der Waals surface area contributed by atoms with Crippen LogP contribution in [0.3, 0.4) is 0 Å². The van der Waals surface area contributed by atoms with Gasteiger partial charge in [-0.15, -0.1) is 0 Å². The van der Waals surface area contributed by atoms with Gasteiger partial charge >= 0.3 is 6.18 Å². The van der Waals surface area contributed by atoms with Crippen molar-refractivity contribution in [3.05, 3.63) is 88.7 Å². The summed E-state index contributed by atoms with van der Waals surface area (Å²) >= 11 is 0. The topological polar surface area (TPSA) is 59.4 Å². The van der Waals surface area contributed by atoms with E-state index in [2.05, 4.69) is 17.0 Å². The van der Waals surface area contributed by atoms with Gasteiger partial charge in [0.25, 0.3) is 0 Å². The monoisotopic (exact) mass is 484 g/mol. The van der Waals surface area contributed by atoms with E-state index < -0.39 is 24.3 Å². The summed E-state index contributed by atoms with van der Waals surface area (Å²) in [7, 11) is 0. The highest BCUT2D eigenvalue weighted by Gasteiger charge is 2.40. The van der Waals surface area contributed by atoms with Crippen LogP contribution in [0.2, 0.25) is 0 Å². The Morgan fingerprint density at radius 3 is 2.57 bits per heavy atom. The van der Waals surface area contributed by atoms with Crippen LogP contribution in [0.15, 0.2) is 71.9 Å². The number of hydrogen-bond donors (Lipinski definition) is 1. The Balaban J connectivity index is 1.63. The van der Waals surface area contributed by atoms with Gasteiger partial charge in [-0.1, -0.05) is 42.5 Å². The number of amides is 1. The molecule has 1 aromatic heterocycles. The third-order valence-corrected chi connectivity index (χ3v) is 6.01. The second-order valence-electron chi connectivity index (χ2n) is 8.70. The molecule has 184 valence electrons. The van der Waals surface area contributed by atoms with Gasteiger partial charge in [0, 0.05) is 23.0 Å². The third-order valence-electron chi connectivity index (χ3n) is 6.01. The highest BCUT2D eigenvalue weighted by atomic mass is 19.4. The molecule has 1 N–H and O–H groups in total. The average Bonchev–Trinajstić information content (AvgIpc) is 3.19. The molecule has 0 spiro atoms. The fourth-order valence-electron chi connectivity index (χ4n) is 4.01. The molecule has 0 saturated heterocycles. The predicted octanol–water partition coefficient (Wildman–Crippen LogP) is 5.41. The largest absolute Gasteiger partial charge is 0.478 e. The van der Waals surface area contributed by atoms with Crippen LogP contribution in [0.4, 0.5) is 13.2 Å². The Kier molecular flexibility index (Phi) is 6.60. The van der Waals surface area contributed by atoms with E-state index in [0.717, 1.165) is 27.1 Å². The van der Waals surface area contributed by atoms with Crippen molar-refractivity contribution in [3.63, 3.8) is 0 Å². The second-order valence-corrected chi connectivity index (χ2v) is 8.70. The van der Waals surface area contributed by atoms with Crippen LogP contribution in [0.1, 0.15) is 44.0 Å². The lowest BCUT2D eigenvalue weighted by molar-refractivity contribution is -0.142. The van der Waals surface area contributed by atoms with E-state index in [1.807, 2.05) is 62.2 Å². The summed E-state index contributed by atoms with van der Waals surface area (Å²) in [5.41, 5.74) is 3.82. The number of allylic oxidation sites excluding steroid dienone is 4. The number of ether oxygens (including phenoxy) is 1. The number of halogens is 3. The summed E-state index contributed by atoms with van der Waals surface area (Å²) in [4.78, 5) is 14.9. The molecule has 0 radical (unpaired) electrons. The average molecular weight is 485 g/mol. The van der Waals surface area contributed by atoms with Crippen molar-refractivity contribution in [2.45, 2.75) is 46.3 Å². The molecule has 35 heavy (non-hydrogen) atoms. The first-order chi connectivity index (χ1) is 16.6. The number of alkyl halides is 3. The number of hydrogen-bond acceptors (Lipinski definition) is 4. The molecule has 1 aromatic carbocycles. The maximum Gasteiger partial charge on any atom is 0.435 e. The normalized spacial score (nSPS) is 15.6. The number of aromatic nitrogens is 2. The number of carbonyl (C=O) groups is 1. The summed E-state index contributed by atoms with van der Waals surface area (Å²) < 4.78 is 46.9. The van der Waals surface area contributed by atoms with Gasteiger partial charge in [-0.25, -0.2) is 4.68 Å². The van der Waals surface area contributed by atoms with Gasteiger partial charge < -0.3 is 15.0 Å². The van der Waals surface area contributed by atoms with Gasteiger partial charge in [0.2, 0.25) is 11.8 Å². The second kappa shape index (κ2) is 9.48. The first-order valence-electron chi connectivity index (χ1n) is 11.3. The lowest BCUT2D eigenvalue weighted by atomic mass is 10.0. The van der Waals surface area contributed by atoms with Crippen LogP contribution in [-0.4, -0.2) is 27.2 Å². The highest BCUT2D eigenvalue weighted by molar-refractivity contribution is 5.83. The summed E-state index contributed by atoms with van der Waals surface area (Å²) in [5, 5.41) is 6.49. The molecule has 0 unspecified atom stereocenters. The van der Waals surface area contributed by atoms with Crippen LogP contribution in [0, 0.1) is 0 Å². The van der Waals surface area contributed by atoms with Gasteiger partial charge in [0.1, 0.15) is 6.54 Å². The SMILES string of the molecule is C=C1C(NC(=O)Cn2nc(C(F)(F)F)c3c2OCCC3)=CC(c2ccccc2)=CN1C(C)=C(C)C. The quantitative estimate of drug-likeness (QED) is 0.617. The molecule has 1 amide bonds. The molecule has 9 heteroatoms. The maximum absolute atomic E-state index is 13.5. The van der Waals surface area contributed by atoms with Gasteiger partial charge in [-0.2, -0.15) is 18.3 Å². The molecule has 0 atom stereocenters. The van der Waals surface area contributed by atoms with Crippen LogP contribution in [-0.2, 0) is 23.9 Å². The van der Waals surface area contributed by atoms with Crippen molar-refractivity contribution in [1.82, 2.24) is 20.0 Å². The van der Waals surface area contributed by atoms with E-state index in [-0.39, 0.29) is 24.5 Å². The van der Waals surface area contributed by atoms with Crippen molar-refractivity contribution >= 4 is 11.5 Å². The first kappa shape index (κ1) is 24.4. The Labute approximate surface area is 202 Å². The molecule has 6 nitrogen and oxygen atoms in total. The molecular weight excluding hydrogens is 457 g/mol. The zero-order valence-corrected chi connectivity index (χ0v) is 19.9. The minimum Gasteiger partial charge on any atom is -0.478 e. The van der Waals surface area contributed by atoms with Crippen molar-refractivity contribution in [2.75, 3.05) is 6.61 Å². The molecule has 4 rings (SSSR count). The van der Waals surface area contributed by atoms with Gasteiger partial charge in [-0.05, 0) is 45.3 Å². The van der Waals surface area contributed by atoms with Crippen LogP contribution < -0.4 is 10.1 Å². The van der Waals surface area contributed by atoms with Crippen molar-refractivity contribution in [3.8, 4) is 5.88 Å². The summed E-state index contributed by atoms with van der Waals surface area (Å²) in [5.74, 6) is -0.531. The Morgan fingerprint density at radius 1 is 1.20 bits per heavy atom. The number of carbonyl (C=O) groups excluding carboxylic acids is 1. The Bertz CT molecular complexity index is 1250. The molecule has 0 fully saturated rings. The van der Waals surface area contributed by atoms with E-state index in [0.29, 0.717) is 17.8 Å². The zero-order valence-electron chi connectivity index (χ0n) is 19.9. The fraction of sp³-hybridized carbons (Fsp3) is 0.308. The molecule has 2 aromatic rings. The maximum atomic E-state index is 13.5. The van der Waals surface area contributed by atoms with E-state index in [9.17, 15) is 18.0 Å². The summed E-state index contributed by atoms with van der Waals surface area (Å²) in [6.07, 6.45) is -0.196. The van der Waals surface area contributed by atoms with Gasteiger partial charge in [-0.3, -0.25) is 4.79 Å². The summed E-state index contributed by atoms with van der Waals surface area (Å²) in [6.45, 7) is 9.92. The van der Waals surface area contributed by atoms with Gasteiger partial charge in [0.15, 0.2) is 5.69 Å². The standard InChI is InChI=1S/C26H27F3N4O2/c1-16(2)17(3)32-14-20(19-9-6-5-7-10-19)13-22(18(32)4)30-23(34)15-33-25-21(11-8-12-35-25)24(31-33)26(27,28)29/h5-7,9-10,13-14H,4,8,11-12,15H2,1-3H3,(H,30,34). The molecule has 0 saturated carbocycles. The first-order valence-corrected chi connectivity index (χ1v) is 11.3. The smallest absolute Gasteiger partial charge is 0.435 e. The zero-order chi connectivity index (χ0) is 25.3. The number of nitrogens with one attached hydrogen (secondary N) is 1. The molecule has 0 aliphatic carbocycles. The summed E-state index contributed by atoms with van der Waals surface area (Å²) in [6, 6.07) is 9.67. The van der Waals surface area contributed by atoms with Gasteiger partial charge in [0.05, 0.1) is 18.0 Å². The Hall–Kier alpha value is -3.75. The van der Waals surface area contributed by atoms with E-state index >= 15 is 0 Å². The van der Waals surface area contributed by atoms with Crippen molar-refractivity contribution in [2.24, 2.45) is 0 Å². The number of nitrogens with zero attached hydrogens (tertiary/aromatic N) is 3. The van der Waals surface area contributed by atoms with E-state index in [4.69, 9.17) is 4.74 Å². The number of benzene rings is 1. The molecule has 2 aliphatic heterocycles. The minimum absolute atomic E-state index is 0.00191. The van der Waals surface area contributed by atoms with Crippen LogP contribution in [0.25, 0.3) is 5.57 Å². The molecule has 3 heterocycles. The lowest BCUT2D eigenvalue weighted by Crippen LogP contribution is -2.33. The van der Waals surface area contributed by atoms with Crippen LogP contribution >= 0.6 is 0 Å². The van der Waals surface area contributed by atoms with E-state index in [1.165, 1.54) is 0 Å². The third kappa shape index (κ3) is 5.03. The minimum atomic E-state index is -4.62. The lowest BCUT2D eigenvalue weighted by Gasteiger charge is -2.31. The number of fused-ring (bicyclic) bond motifs is 1. The molecule has 2 aliphatic rings. The van der Waals surface area contributed by atoms with Crippen molar-refractivity contribution in [1.29, 1.82) is 0 Å². The fourth-order valence-corrected chi connectivity index (χ4v) is 4.01. The highest BCUT2D eigenvalue weighted by Crippen LogP contribution is 2.38. The predicted molar refractivity (Wildman–Crippen MR) is 127 cm³/mol. The Morgan fingerprint density at radius 2 is 1.91 bits per heavy atom. The van der Waals surface area contributed by atoms with Crippen molar-refractivity contribution < 1.29 is 22.7 Å². The number of rotatable bonds is 5.